The van der Waals surface area contributed by atoms with E-state index in [4.69, 9.17) is 0 Å². The molecule has 0 nitrogen and oxygen atoms in total. The molecule has 3 radical (unpaired) electrons. The molecule has 0 N–H and O–H groups in total. The molecule has 0 fully saturated rings. The van der Waals surface area contributed by atoms with Crippen LogP contribution in [0, 0.1) is 6.92 Å². The molecule has 0 heterocycles. The summed E-state index contributed by atoms with van der Waals surface area (Å²) in [5, 5.41) is 0. The molecule has 0 aliphatic heterocycles. The van der Waals surface area contributed by atoms with Crippen LogP contribution in [0.3, 0.4) is 0 Å². The van der Waals surface area contributed by atoms with Crippen molar-refractivity contribution in [3.05, 3.63) is 23.8 Å². The van der Waals surface area contributed by atoms with Crippen LogP contribution in [0.2, 0.25) is 0 Å². The van der Waals surface area contributed by atoms with Gasteiger partial charge < -0.3 is 0 Å². The van der Waals surface area contributed by atoms with Gasteiger partial charge in [-0.3, -0.25) is 0 Å². The molecule has 0 aliphatic rings. The molecule has 0 unspecified atom stereocenters. The molecule has 3 heteroatoms. The molecule has 0 spiro atoms. The van der Waals surface area contributed by atoms with E-state index < -0.39 is 0 Å². The summed E-state index contributed by atoms with van der Waals surface area (Å²) in [5.74, 6) is 0. The van der Waals surface area contributed by atoms with Crippen LogP contribution in [-0.4, -0.2) is 18.0 Å². The first-order valence-corrected chi connectivity index (χ1v) is 3.58. The van der Waals surface area contributed by atoms with E-state index in [0.717, 1.165) is 9.79 Å². The summed E-state index contributed by atoms with van der Waals surface area (Å²) in [6.45, 7) is 2.03. The van der Waals surface area contributed by atoms with Crippen LogP contribution in [0.25, 0.3) is 0 Å². The molecule has 1 aromatic rings. The van der Waals surface area contributed by atoms with Crippen molar-refractivity contribution in [2.75, 3.05) is 0 Å². The summed E-state index contributed by atoms with van der Waals surface area (Å²) < 4.78 is 0. The van der Waals surface area contributed by atoms with Crippen LogP contribution in [-0.2, 0) is 0 Å². The number of benzene rings is 1. The standard InChI is InChI=1S/C7H8S2.As/c1-5-2-3-6(8)7(9)4-5;/h2-4,8-9H,1H3;. The van der Waals surface area contributed by atoms with E-state index in [-0.39, 0.29) is 18.0 Å². The van der Waals surface area contributed by atoms with Gasteiger partial charge in [-0.15, -0.1) is 25.3 Å². The minimum atomic E-state index is 0. The van der Waals surface area contributed by atoms with Crippen LogP contribution in [0.15, 0.2) is 28.0 Å². The largest absolute Gasteiger partial charge is 0.142 e. The normalized spacial score (nSPS) is 8.70. The summed E-state index contributed by atoms with van der Waals surface area (Å²) in [5.41, 5.74) is 1.22. The van der Waals surface area contributed by atoms with Crippen LogP contribution >= 0.6 is 25.3 Å². The third kappa shape index (κ3) is 2.61. The molecular weight excluding hydrogens is 223 g/mol. The maximum atomic E-state index is 4.19. The number of hydrogen-bond acceptors (Lipinski definition) is 2. The summed E-state index contributed by atoms with van der Waals surface area (Å²) in [4.78, 5) is 1.88. The number of hydrogen-bond donors (Lipinski definition) is 2. The summed E-state index contributed by atoms with van der Waals surface area (Å²) >= 11 is 8.36. The summed E-state index contributed by atoms with van der Waals surface area (Å²) in [6.07, 6.45) is 0. The fraction of sp³-hybridized carbons (Fsp3) is 0.143. The first kappa shape index (κ1) is 10.5. The van der Waals surface area contributed by atoms with Crippen LogP contribution in [0.1, 0.15) is 5.56 Å². The van der Waals surface area contributed by atoms with E-state index in [9.17, 15) is 0 Å². The van der Waals surface area contributed by atoms with Crippen molar-refractivity contribution in [1.29, 1.82) is 0 Å². The van der Waals surface area contributed by atoms with E-state index in [0.29, 0.717) is 0 Å². The van der Waals surface area contributed by atoms with Gasteiger partial charge in [0, 0.05) is 27.7 Å². The van der Waals surface area contributed by atoms with Crippen LogP contribution in [0.4, 0.5) is 0 Å². The van der Waals surface area contributed by atoms with Gasteiger partial charge in [-0.05, 0) is 24.6 Å². The quantitative estimate of drug-likeness (QED) is 0.496. The van der Waals surface area contributed by atoms with Crippen molar-refractivity contribution in [3.8, 4) is 0 Å². The Morgan fingerprint density at radius 2 is 1.70 bits per heavy atom. The Bertz CT molecular complexity index is 223. The molecule has 0 saturated carbocycles. The summed E-state index contributed by atoms with van der Waals surface area (Å²) in [6, 6.07) is 5.95. The van der Waals surface area contributed by atoms with E-state index in [1.165, 1.54) is 5.56 Å². The predicted molar refractivity (Wildman–Crippen MR) is 51.4 cm³/mol. The Morgan fingerprint density at radius 1 is 1.10 bits per heavy atom. The Morgan fingerprint density at radius 3 is 2.10 bits per heavy atom. The van der Waals surface area contributed by atoms with Gasteiger partial charge in [0.25, 0.3) is 0 Å². The fourth-order valence-corrected chi connectivity index (χ4v) is 1.05. The third-order valence-electron chi connectivity index (χ3n) is 1.13. The van der Waals surface area contributed by atoms with Gasteiger partial charge in [-0.2, -0.15) is 0 Å². The molecule has 0 bridgehead atoms. The molecule has 1 aromatic carbocycles. The zero-order chi connectivity index (χ0) is 6.85. The van der Waals surface area contributed by atoms with Gasteiger partial charge in [-0.25, -0.2) is 0 Å². The van der Waals surface area contributed by atoms with E-state index >= 15 is 0 Å². The van der Waals surface area contributed by atoms with E-state index in [2.05, 4.69) is 25.3 Å². The molecule has 0 atom stereocenters. The molecule has 53 valence electrons. The first-order chi connectivity index (χ1) is 4.20. The number of rotatable bonds is 0. The van der Waals surface area contributed by atoms with Crippen molar-refractivity contribution in [2.24, 2.45) is 0 Å². The zero-order valence-electron chi connectivity index (χ0n) is 5.57. The number of aryl methyl sites for hydroxylation is 1. The van der Waals surface area contributed by atoms with Gasteiger partial charge in [0.1, 0.15) is 0 Å². The van der Waals surface area contributed by atoms with E-state index in [1.807, 2.05) is 25.1 Å². The van der Waals surface area contributed by atoms with Crippen molar-refractivity contribution in [3.63, 3.8) is 0 Å². The second-order valence-electron chi connectivity index (χ2n) is 1.99. The smallest absolute Gasteiger partial charge is 0.0176 e. The molecule has 10 heavy (non-hydrogen) atoms. The monoisotopic (exact) mass is 231 g/mol. The van der Waals surface area contributed by atoms with Crippen molar-refractivity contribution < 1.29 is 0 Å². The second kappa shape index (κ2) is 4.38. The van der Waals surface area contributed by atoms with Gasteiger partial charge in [-0.1, -0.05) is 6.07 Å². The van der Waals surface area contributed by atoms with Crippen molar-refractivity contribution in [1.82, 2.24) is 0 Å². The average Bonchev–Trinajstić information content (AvgIpc) is 1.80. The van der Waals surface area contributed by atoms with Gasteiger partial charge in [0.15, 0.2) is 0 Å². The molecule has 0 aromatic heterocycles. The predicted octanol–water partition coefficient (Wildman–Crippen LogP) is 2.19. The maximum absolute atomic E-state index is 4.19. The van der Waals surface area contributed by atoms with Gasteiger partial charge in [0.05, 0.1) is 0 Å². The topological polar surface area (TPSA) is 0 Å². The van der Waals surface area contributed by atoms with Crippen molar-refractivity contribution in [2.45, 2.75) is 16.7 Å². The Balaban J connectivity index is 0.000000810. The fourth-order valence-electron chi connectivity index (χ4n) is 0.633. The zero-order valence-corrected chi connectivity index (χ0v) is 9.24. The van der Waals surface area contributed by atoms with Gasteiger partial charge >= 0.3 is 0 Å². The van der Waals surface area contributed by atoms with Gasteiger partial charge in [0.2, 0.25) is 0 Å². The molecule has 0 saturated heterocycles. The SMILES string of the molecule is Cc1ccc(S)c(S)c1.[As]. The first-order valence-electron chi connectivity index (χ1n) is 2.69. The molecular formula is C7H8AsS2. The summed E-state index contributed by atoms with van der Waals surface area (Å²) in [7, 11) is 0. The average molecular weight is 231 g/mol. The Labute approximate surface area is 83.5 Å². The Kier molecular flexibility index (Phi) is 4.59. The molecule has 0 amide bonds. The minimum absolute atomic E-state index is 0. The minimum Gasteiger partial charge on any atom is -0.142 e. The Hall–Kier alpha value is 0.478. The maximum Gasteiger partial charge on any atom is 0.0176 e. The van der Waals surface area contributed by atoms with Crippen LogP contribution < -0.4 is 0 Å². The van der Waals surface area contributed by atoms with Crippen molar-refractivity contribution >= 4 is 43.2 Å². The third-order valence-corrected chi connectivity index (χ3v) is 2.07. The molecule has 1 rings (SSSR count). The van der Waals surface area contributed by atoms with E-state index in [1.54, 1.807) is 0 Å². The number of thiol groups is 2. The van der Waals surface area contributed by atoms with Crippen LogP contribution in [0.5, 0.6) is 0 Å². The molecule has 0 aliphatic carbocycles. The second-order valence-corrected chi connectivity index (χ2v) is 2.96.